The fourth-order valence-corrected chi connectivity index (χ4v) is 3.37. The van der Waals surface area contributed by atoms with Crippen molar-refractivity contribution in [2.24, 2.45) is 0 Å². The second kappa shape index (κ2) is 5.73. The van der Waals surface area contributed by atoms with Gasteiger partial charge in [-0.15, -0.1) is 4.73 Å². The second-order valence-electron chi connectivity index (χ2n) is 4.73. The largest absolute Gasteiger partial charge is 0.617 e. The van der Waals surface area contributed by atoms with Crippen molar-refractivity contribution in [2.45, 2.75) is 11.9 Å². The molecular weight excluding hydrogens is 300 g/mol. The molecule has 1 heterocycles. The van der Waals surface area contributed by atoms with Crippen molar-refractivity contribution in [3.8, 4) is 11.3 Å². The lowest BCUT2D eigenvalue weighted by Gasteiger charge is -2.12. The summed E-state index contributed by atoms with van der Waals surface area (Å²) in [6, 6.07) is 15.4. The van der Waals surface area contributed by atoms with Crippen molar-refractivity contribution in [2.75, 3.05) is 5.75 Å². The summed E-state index contributed by atoms with van der Waals surface area (Å²) >= 11 is 0. The van der Waals surface area contributed by atoms with Crippen LogP contribution in [0.2, 0.25) is 0 Å². The normalized spacial score (nSPS) is 12.4. The van der Waals surface area contributed by atoms with Crippen LogP contribution in [0, 0.1) is 10.4 Å². The summed E-state index contributed by atoms with van der Waals surface area (Å²) in [4.78, 5) is 0. The molecule has 3 aromatic rings. The topological polar surface area (TPSA) is 71.0 Å². The number of benzene rings is 2. The Labute approximate surface area is 130 Å². The van der Waals surface area contributed by atoms with E-state index in [1.54, 1.807) is 55.5 Å². The van der Waals surface area contributed by atoms with E-state index in [4.69, 9.17) is 0 Å². The predicted molar refractivity (Wildman–Crippen MR) is 84.3 cm³/mol. The number of hydrogen-bond donors (Lipinski definition) is 0. The minimum atomic E-state index is -1.55. The molecule has 0 saturated carbocycles. The molecule has 0 bridgehead atoms. The fourth-order valence-electron chi connectivity index (χ4n) is 2.39. The zero-order valence-electron chi connectivity index (χ0n) is 11.9. The third-order valence-corrected chi connectivity index (χ3v) is 4.75. The molecule has 0 aliphatic heterocycles. The molecule has 22 heavy (non-hydrogen) atoms. The lowest BCUT2D eigenvalue weighted by Crippen LogP contribution is -2.44. The Bertz CT molecular complexity index is 866. The number of rotatable bonds is 3. The van der Waals surface area contributed by atoms with Crippen LogP contribution >= 0.6 is 0 Å². The van der Waals surface area contributed by atoms with Crippen molar-refractivity contribution in [1.29, 1.82) is 0 Å². The lowest BCUT2D eigenvalue weighted by atomic mass is 10.1. The summed E-state index contributed by atoms with van der Waals surface area (Å²) in [5, 5.41) is 25.4. The minimum absolute atomic E-state index is 0.00222. The maximum Gasteiger partial charge on any atom is 0.356 e. The predicted octanol–water partition coefficient (Wildman–Crippen LogP) is 1.90. The van der Waals surface area contributed by atoms with Crippen molar-refractivity contribution in [1.82, 2.24) is 0 Å². The highest BCUT2D eigenvalue weighted by molar-refractivity contribution is 7.84. The summed E-state index contributed by atoms with van der Waals surface area (Å²) < 4.78 is 13.7. The van der Waals surface area contributed by atoms with Gasteiger partial charge in [0.25, 0.3) is 11.0 Å². The van der Waals surface area contributed by atoms with E-state index in [9.17, 15) is 14.6 Å². The van der Waals surface area contributed by atoms with Crippen LogP contribution in [-0.4, -0.2) is 9.96 Å². The molecule has 0 saturated heterocycles. The zero-order valence-corrected chi connectivity index (χ0v) is 12.7. The third-order valence-electron chi connectivity index (χ3n) is 3.43. The molecule has 2 aromatic carbocycles. The van der Waals surface area contributed by atoms with Gasteiger partial charge in [-0.2, -0.15) is 4.73 Å². The maximum atomic E-state index is 12.8. The maximum absolute atomic E-state index is 12.8. The third kappa shape index (κ3) is 2.21. The monoisotopic (exact) mass is 314 g/mol. The van der Waals surface area contributed by atoms with Crippen LogP contribution in [0.5, 0.6) is 0 Å². The Morgan fingerprint density at radius 2 is 1.45 bits per heavy atom. The Hall–Kier alpha value is -2.47. The molecule has 0 radical (unpaired) electrons. The van der Waals surface area contributed by atoms with Gasteiger partial charge in [0.1, 0.15) is 10.8 Å². The van der Waals surface area contributed by atoms with Crippen LogP contribution in [-0.2, 0) is 10.8 Å². The first kappa shape index (κ1) is 14.5. The van der Waals surface area contributed by atoms with E-state index in [-0.39, 0.29) is 27.5 Å². The summed E-state index contributed by atoms with van der Waals surface area (Å²) in [7, 11) is -1.55. The lowest BCUT2D eigenvalue weighted by molar-refractivity contribution is -0.653. The average molecular weight is 314 g/mol. The molecule has 1 unspecified atom stereocenters. The van der Waals surface area contributed by atoms with Crippen LogP contribution in [0.1, 0.15) is 6.92 Å². The Morgan fingerprint density at radius 3 is 2.05 bits per heavy atom. The first-order valence-electron chi connectivity index (χ1n) is 6.86. The second-order valence-corrected chi connectivity index (χ2v) is 6.39. The first-order valence-corrected chi connectivity index (χ1v) is 8.18. The van der Waals surface area contributed by atoms with Gasteiger partial charge in [-0.1, -0.05) is 37.3 Å². The van der Waals surface area contributed by atoms with E-state index in [2.05, 4.69) is 0 Å². The van der Waals surface area contributed by atoms with Crippen LogP contribution in [0.15, 0.2) is 59.6 Å². The Balaban J connectivity index is 2.48. The number of aromatic nitrogens is 2. The van der Waals surface area contributed by atoms with Crippen molar-refractivity contribution in [3.05, 3.63) is 65.0 Å². The van der Waals surface area contributed by atoms with Crippen molar-refractivity contribution in [3.63, 3.8) is 0 Å². The van der Waals surface area contributed by atoms with E-state index in [1.165, 1.54) is 0 Å². The summed E-state index contributed by atoms with van der Waals surface area (Å²) in [5.74, 6) is 0.264. The van der Waals surface area contributed by atoms with Crippen LogP contribution < -0.4 is 9.46 Å². The van der Waals surface area contributed by atoms with Gasteiger partial charge in [0.05, 0.1) is 5.56 Å². The Morgan fingerprint density at radius 1 is 0.909 bits per heavy atom. The van der Waals surface area contributed by atoms with Crippen molar-refractivity contribution < 1.29 is 13.7 Å². The highest BCUT2D eigenvalue weighted by Crippen LogP contribution is 2.22. The molecule has 6 heteroatoms. The van der Waals surface area contributed by atoms with Gasteiger partial charge in [-0.3, -0.25) is 0 Å². The molecule has 5 nitrogen and oxygen atoms in total. The van der Waals surface area contributed by atoms with Gasteiger partial charge in [0, 0.05) is 17.9 Å². The molecule has 0 amide bonds. The van der Waals surface area contributed by atoms with Gasteiger partial charge in [-0.25, -0.2) is 4.21 Å². The van der Waals surface area contributed by atoms with E-state index in [0.717, 1.165) is 0 Å². The molecule has 1 aromatic heterocycles. The molecule has 0 aliphatic rings. The van der Waals surface area contributed by atoms with E-state index < -0.39 is 10.8 Å². The molecule has 3 rings (SSSR count). The summed E-state index contributed by atoms with van der Waals surface area (Å²) in [6.45, 7) is 1.72. The highest BCUT2D eigenvalue weighted by atomic mass is 32.2. The molecule has 0 aliphatic carbocycles. The van der Waals surface area contributed by atoms with Gasteiger partial charge in [0.15, 0.2) is 0 Å². The summed E-state index contributed by atoms with van der Waals surface area (Å²) in [6.07, 6.45) is 0. The number of hydrogen-bond acceptors (Lipinski definition) is 3. The number of nitrogens with zero attached hydrogens (tertiary/aromatic N) is 2. The standard InChI is InChI=1S/C16H14N2O3S/c1-2-22(21)16-15(12-8-4-3-5-9-12)17(19)13-10-6-7-11-14(13)18(16)20/h3-11H,2H2,1H3. The van der Waals surface area contributed by atoms with E-state index in [1.807, 2.05) is 6.07 Å². The van der Waals surface area contributed by atoms with Crippen LogP contribution in [0.4, 0.5) is 0 Å². The average Bonchev–Trinajstić information content (AvgIpc) is 2.58. The quantitative estimate of drug-likeness (QED) is 0.547. The van der Waals surface area contributed by atoms with E-state index in [0.29, 0.717) is 15.0 Å². The van der Waals surface area contributed by atoms with Gasteiger partial charge in [-0.05, 0) is 12.1 Å². The molecule has 0 spiro atoms. The highest BCUT2D eigenvalue weighted by Gasteiger charge is 2.32. The molecule has 0 N–H and O–H groups in total. The minimum Gasteiger partial charge on any atom is -0.617 e. The molecule has 112 valence electrons. The SMILES string of the molecule is CCS(=O)c1c(-c2ccccc2)[n+]([O-])c2ccccc2[n+]1[O-]. The molecular formula is C16H14N2O3S. The van der Waals surface area contributed by atoms with Gasteiger partial charge >= 0.3 is 10.7 Å². The Kier molecular flexibility index (Phi) is 3.77. The summed E-state index contributed by atoms with van der Waals surface area (Å²) in [5.41, 5.74) is 1.20. The van der Waals surface area contributed by atoms with E-state index >= 15 is 0 Å². The van der Waals surface area contributed by atoms with Gasteiger partial charge in [0.2, 0.25) is 0 Å². The fraction of sp³-hybridized carbons (Fsp3) is 0.125. The van der Waals surface area contributed by atoms with Gasteiger partial charge < -0.3 is 10.4 Å². The number of fused-ring (bicyclic) bond motifs is 1. The number of para-hydroxylation sites is 2. The van der Waals surface area contributed by atoms with Crippen molar-refractivity contribution >= 4 is 21.8 Å². The molecule has 1 atom stereocenters. The smallest absolute Gasteiger partial charge is 0.356 e. The zero-order chi connectivity index (χ0) is 15.7. The molecule has 0 fully saturated rings. The van der Waals surface area contributed by atoms with Crippen LogP contribution in [0.3, 0.4) is 0 Å². The first-order chi connectivity index (χ1) is 10.6. The van der Waals surface area contributed by atoms with Crippen LogP contribution in [0.25, 0.3) is 22.3 Å².